The minimum atomic E-state index is -0.288. The standard InChI is InChI=1S/C20H20BrFN4O/c1-25(2)20-18(15-6-8-17(22)9-7-15)12-26(24-20)13-19(27)23-11-14-4-3-5-16(21)10-14/h3-10,12H,11,13H2,1-2H3,(H,23,27). The topological polar surface area (TPSA) is 50.2 Å². The normalized spacial score (nSPS) is 10.7. The zero-order chi connectivity index (χ0) is 19.4. The molecule has 2 aromatic carbocycles. The summed E-state index contributed by atoms with van der Waals surface area (Å²) in [5.41, 5.74) is 2.71. The molecule has 0 saturated carbocycles. The van der Waals surface area contributed by atoms with Crippen molar-refractivity contribution in [2.24, 2.45) is 0 Å². The van der Waals surface area contributed by atoms with Gasteiger partial charge in [0.15, 0.2) is 5.82 Å². The minimum absolute atomic E-state index is 0.107. The number of carbonyl (C=O) groups is 1. The van der Waals surface area contributed by atoms with E-state index in [2.05, 4.69) is 26.3 Å². The number of rotatable bonds is 6. The number of hydrogen-bond donors (Lipinski definition) is 1. The zero-order valence-corrected chi connectivity index (χ0v) is 16.7. The fraction of sp³-hybridized carbons (Fsp3) is 0.200. The van der Waals surface area contributed by atoms with E-state index in [0.29, 0.717) is 6.54 Å². The molecule has 0 aliphatic carbocycles. The summed E-state index contributed by atoms with van der Waals surface area (Å²) >= 11 is 3.42. The van der Waals surface area contributed by atoms with E-state index in [1.807, 2.05) is 43.3 Å². The van der Waals surface area contributed by atoms with Crippen LogP contribution in [-0.4, -0.2) is 29.8 Å². The van der Waals surface area contributed by atoms with Gasteiger partial charge >= 0.3 is 0 Å². The molecule has 0 aliphatic heterocycles. The highest BCUT2D eigenvalue weighted by atomic mass is 79.9. The largest absolute Gasteiger partial charge is 0.361 e. The molecule has 0 radical (unpaired) electrons. The van der Waals surface area contributed by atoms with Gasteiger partial charge in [0.1, 0.15) is 12.4 Å². The van der Waals surface area contributed by atoms with Crippen LogP contribution in [0.25, 0.3) is 11.1 Å². The maximum absolute atomic E-state index is 13.2. The minimum Gasteiger partial charge on any atom is -0.361 e. The fourth-order valence-corrected chi connectivity index (χ4v) is 3.15. The number of amides is 1. The Hall–Kier alpha value is -2.67. The average Bonchev–Trinajstić information content (AvgIpc) is 3.05. The lowest BCUT2D eigenvalue weighted by molar-refractivity contribution is -0.122. The van der Waals surface area contributed by atoms with Crippen molar-refractivity contribution in [3.8, 4) is 11.1 Å². The van der Waals surface area contributed by atoms with Crippen LogP contribution in [0.1, 0.15) is 5.56 Å². The highest BCUT2D eigenvalue weighted by Gasteiger charge is 2.14. The van der Waals surface area contributed by atoms with Crippen molar-refractivity contribution < 1.29 is 9.18 Å². The van der Waals surface area contributed by atoms with Gasteiger partial charge < -0.3 is 10.2 Å². The number of nitrogens with one attached hydrogen (secondary N) is 1. The first kappa shape index (κ1) is 19.1. The predicted molar refractivity (Wildman–Crippen MR) is 108 cm³/mol. The van der Waals surface area contributed by atoms with Crippen molar-refractivity contribution in [2.75, 3.05) is 19.0 Å². The van der Waals surface area contributed by atoms with Crippen molar-refractivity contribution in [3.05, 3.63) is 70.6 Å². The number of halogens is 2. The van der Waals surface area contributed by atoms with Gasteiger partial charge in [-0.25, -0.2) is 4.39 Å². The Balaban J connectivity index is 1.72. The smallest absolute Gasteiger partial charge is 0.241 e. The molecule has 3 rings (SSSR count). The molecule has 27 heavy (non-hydrogen) atoms. The van der Waals surface area contributed by atoms with Gasteiger partial charge in [-0.15, -0.1) is 0 Å². The van der Waals surface area contributed by atoms with Gasteiger partial charge in [-0.2, -0.15) is 5.10 Å². The molecule has 1 heterocycles. The summed E-state index contributed by atoms with van der Waals surface area (Å²) in [5.74, 6) is 0.305. The average molecular weight is 431 g/mol. The number of benzene rings is 2. The van der Waals surface area contributed by atoms with Gasteiger partial charge in [0, 0.05) is 36.9 Å². The van der Waals surface area contributed by atoms with Crippen molar-refractivity contribution in [3.63, 3.8) is 0 Å². The van der Waals surface area contributed by atoms with Gasteiger partial charge in [0.05, 0.1) is 0 Å². The first-order valence-corrected chi connectivity index (χ1v) is 9.23. The number of carbonyl (C=O) groups excluding carboxylic acids is 1. The SMILES string of the molecule is CN(C)c1nn(CC(=O)NCc2cccc(Br)c2)cc1-c1ccc(F)cc1. The number of nitrogens with zero attached hydrogens (tertiary/aromatic N) is 3. The molecule has 0 atom stereocenters. The van der Waals surface area contributed by atoms with E-state index in [4.69, 9.17) is 0 Å². The lowest BCUT2D eigenvalue weighted by Crippen LogP contribution is -2.27. The summed E-state index contributed by atoms with van der Waals surface area (Å²) in [7, 11) is 3.76. The second kappa shape index (κ2) is 8.35. The van der Waals surface area contributed by atoms with Crippen LogP contribution < -0.4 is 10.2 Å². The molecule has 0 aliphatic rings. The molecule has 3 aromatic rings. The van der Waals surface area contributed by atoms with Gasteiger partial charge in [-0.3, -0.25) is 9.48 Å². The fourth-order valence-electron chi connectivity index (χ4n) is 2.71. The van der Waals surface area contributed by atoms with E-state index < -0.39 is 0 Å². The van der Waals surface area contributed by atoms with E-state index >= 15 is 0 Å². The van der Waals surface area contributed by atoms with Crippen LogP contribution in [0, 0.1) is 5.82 Å². The molecule has 0 bridgehead atoms. The van der Waals surface area contributed by atoms with Gasteiger partial charge in [0.25, 0.3) is 0 Å². The van der Waals surface area contributed by atoms with E-state index in [1.54, 1.807) is 23.0 Å². The summed E-state index contributed by atoms with van der Waals surface area (Å²) in [4.78, 5) is 14.2. The van der Waals surface area contributed by atoms with Gasteiger partial charge in [-0.1, -0.05) is 40.2 Å². The lowest BCUT2D eigenvalue weighted by Gasteiger charge is -2.11. The molecule has 1 amide bonds. The van der Waals surface area contributed by atoms with E-state index in [9.17, 15) is 9.18 Å². The monoisotopic (exact) mass is 430 g/mol. The van der Waals surface area contributed by atoms with Crippen LogP contribution in [0.4, 0.5) is 10.2 Å². The molecule has 0 spiro atoms. The summed E-state index contributed by atoms with van der Waals surface area (Å²) < 4.78 is 15.8. The summed E-state index contributed by atoms with van der Waals surface area (Å²) in [5, 5.41) is 7.39. The molecule has 1 N–H and O–H groups in total. The zero-order valence-electron chi connectivity index (χ0n) is 15.1. The lowest BCUT2D eigenvalue weighted by atomic mass is 10.1. The number of hydrogen-bond acceptors (Lipinski definition) is 3. The van der Waals surface area contributed by atoms with E-state index in [0.717, 1.165) is 27.0 Å². The number of anilines is 1. The Kier molecular flexibility index (Phi) is 5.91. The maximum Gasteiger partial charge on any atom is 0.241 e. The molecule has 0 fully saturated rings. The molecular formula is C20H20BrFN4O. The summed E-state index contributed by atoms with van der Waals surface area (Å²) in [6.07, 6.45) is 1.81. The highest BCUT2D eigenvalue weighted by Crippen LogP contribution is 2.28. The molecule has 1 aromatic heterocycles. The molecule has 0 unspecified atom stereocenters. The Bertz CT molecular complexity index is 937. The van der Waals surface area contributed by atoms with Crippen LogP contribution in [-0.2, 0) is 17.9 Å². The van der Waals surface area contributed by atoms with Crippen molar-refractivity contribution in [1.82, 2.24) is 15.1 Å². The van der Waals surface area contributed by atoms with Crippen molar-refractivity contribution >= 4 is 27.7 Å². The van der Waals surface area contributed by atoms with Crippen LogP contribution in [0.3, 0.4) is 0 Å². The van der Waals surface area contributed by atoms with Gasteiger partial charge in [-0.05, 0) is 35.4 Å². The van der Waals surface area contributed by atoms with Crippen LogP contribution in [0.15, 0.2) is 59.2 Å². The summed E-state index contributed by atoms with van der Waals surface area (Å²) in [6, 6.07) is 14.0. The molecule has 0 saturated heterocycles. The molecular weight excluding hydrogens is 411 g/mol. The first-order chi connectivity index (χ1) is 12.9. The van der Waals surface area contributed by atoms with Gasteiger partial charge in [0.2, 0.25) is 5.91 Å². The van der Waals surface area contributed by atoms with E-state index in [-0.39, 0.29) is 18.3 Å². The Morgan fingerprint density at radius 3 is 2.63 bits per heavy atom. The van der Waals surface area contributed by atoms with Crippen LogP contribution >= 0.6 is 15.9 Å². The van der Waals surface area contributed by atoms with Crippen LogP contribution in [0.5, 0.6) is 0 Å². The van der Waals surface area contributed by atoms with Crippen molar-refractivity contribution in [1.29, 1.82) is 0 Å². The third kappa shape index (κ3) is 4.95. The Labute approximate surface area is 165 Å². The van der Waals surface area contributed by atoms with E-state index in [1.165, 1.54) is 12.1 Å². The van der Waals surface area contributed by atoms with Crippen molar-refractivity contribution in [2.45, 2.75) is 13.1 Å². The Morgan fingerprint density at radius 2 is 1.96 bits per heavy atom. The third-order valence-corrected chi connectivity index (χ3v) is 4.50. The first-order valence-electron chi connectivity index (χ1n) is 8.44. The maximum atomic E-state index is 13.2. The second-order valence-corrected chi connectivity index (χ2v) is 7.29. The summed E-state index contributed by atoms with van der Waals surface area (Å²) in [6.45, 7) is 0.556. The third-order valence-electron chi connectivity index (χ3n) is 4.01. The second-order valence-electron chi connectivity index (χ2n) is 6.37. The van der Waals surface area contributed by atoms with Crippen LogP contribution in [0.2, 0.25) is 0 Å². The predicted octanol–water partition coefficient (Wildman–Crippen LogP) is 3.83. The number of aromatic nitrogens is 2. The highest BCUT2D eigenvalue weighted by molar-refractivity contribution is 9.10. The Morgan fingerprint density at radius 1 is 1.22 bits per heavy atom. The molecule has 7 heteroatoms. The quantitative estimate of drug-likeness (QED) is 0.646. The molecule has 140 valence electrons. The molecule has 5 nitrogen and oxygen atoms in total.